The molecule has 6 heteroatoms. The van der Waals surface area contributed by atoms with E-state index in [2.05, 4.69) is 33.3 Å². The third kappa shape index (κ3) is 1.81. The number of nitrogens with zero attached hydrogens (tertiary/aromatic N) is 4. The molecule has 0 unspecified atom stereocenters. The van der Waals surface area contributed by atoms with Gasteiger partial charge in [0.15, 0.2) is 5.65 Å². The molecule has 0 atom stereocenters. The maximum Gasteiger partial charge on any atom is 0.163 e. The van der Waals surface area contributed by atoms with Crippen LogP contribution in [0.4, 0.5) is 0 Å². The van der Waals surface area contributed by atoms with Crippen LogP contribution < -0.4 is 0 Å². The summed E-state index contributed by atoms with van der Waals surface area (Å²) in [7, 11) is 0. The van der Waals surface area contributed by atoms with Crippen LogP contribution in [0.3, 0.4) is 0 Å². The van der Waals surface area contributed by atoms with Crippen molar-refractivity contribution in [2.45, 2.75) is 13.8 Å². The number of rotatable bonds is 1. The minimum Gasteiger partial charge on any atom is -0.276 e. The van der Waals surface area contributed by atoms with E-state index in [9.17, 15) is 0 Å². The van der Waals surface area contributed by atoms with E-state index in [1.807, 2.05) is 25.3 Å². The zero-order valence-electron chi connectivity index (χ0n) is 11.6. The molecule has 1 N–H and O–H groups in total. The van der Waals surface area contributed by atoms with Crippen LogP contribution >= 0.6 is 11.6 Å². The van der Waals surface area contributed by atoms with Crippen LogP contribution in [-0.2, 0) is 0 Å². The fraction of sp³-hybridized carbons (Fsp3) is 0.133. The number of halogens is 1. The van der Waals surface area contributed by atoms with Gasteiger partial charge in [-0.15, -0.1) is 0 Å². The maximum atomic E-state index is 6.35. The fourth-order valence-corrected chi connectivity index (χ4v) is 2.93. The van der Waals surface area contributed by atoms with E-state index in [4.69, 9.17) is 11.6 Å². The Bertz CT molecular complexity index is 982. The Balaban J connectivity index is 2.09. The number of hydrogen-bond donors (Lipinski definition) is 1. The van der Waals surface area contributed by atoms with Crippen molar-refractivity contribution in [3.63, 3.8) is 0 Å². The number of hydrogen-bond acceptors (Lipinski definition) is 3. The van der Waals surface area contributed by atoms with Gasteiger partial charge in [-0.3, -0.25) is 5.10 Å². The molecular formula is C15H12ClN5. The third-order valence-corrected chi connectivity index (χ3v) is 3.91. The quantitative estimate of drug-likeness (QED) is 0.584. The summed E-state index contributed by atoms with van der Waals surface area (Å²) in [6.45, 7) is 3.95. The molecule has 0 fully saturated rings. The topological polar surface area (TPSA) is 58.9 Å². The summed E-state index contributed by atoms with van der Waals surface area (Å²) in [4.78, 5) is 4.53. The predicted octanol–water partition coefficient (Wildman–Crippen LogP) is 3.54. The van der Waals surface area contributed by atoms with Crippen molar-refractivity contribution in [2.24, 2.45) is 0 Å². The van der Waals surface area contributed by atoms with Crippen molar-refractivity contribution in [1.82, 2.24) is 24.8 Å². The van der Waals surface area contributed by atoms with Gasteiger partial charge in [0.05, 0.1) is 16.7 Å². The van der Waals surface area contributed by atoms with Crippen LogP contribution in [0.15, 0.2) is 30.6 Å². The monoisotopic (exact) mass is 297 g/mol. The van der Waals surface area contributed by atoms with Crippen molar-refractivity contribution in [2.75, 3.05) is 0 Å². The first-order valence-corrected chi connectivity index (χ1v) is 6.97. The van der Waals surface area contributed by atoms with Crippen molar-refractivity contribution in [1.29, 1.82) is 0 Å². The van der Waals surface area contributed by atoms with Crippen LogP contribution in [0.2, 0.25) is 5.02 Å². The van der Waals surface area contributed by atoms with Crippen LogP contribution in [0.5, 0.6) is 0 Å². The number of fused-ring (bicyclic) bond motifs is 2. The average Bonchev–Trinajstić information content (AvgIpc) is 3.04. The highest BCUT2D eigenvalue weighted by Crippen LogP contribution is 2.33. The van der Waals surface area contributed by atoms with E-state index in [0.717, 1.165) is 39.1 Å². The predicted molar refractivity (Wildman–Crippen MR) is 82.6 cm³/mol. The molecule has 5 nitrogen and oxygen atoms in total. The van der Waals surface area contributed by atoms with E-state index < -0.39 is 0 Å². The second kappa shape index (κ2) is 4.30. The lowest BCUT2D eigenvalue weighted by Gasteiger charge is -2.08. The summed E-state index contributed by atoms with van der Waals surface area (Å²) < 4.78 is 1.80. The summed E-state index contributed by atoms with van der Waals surface area (Å²) >= 11 is 6.35. The van der Waals surface area contributed by atoms with Gasteiger partial charge in [-0.25, -0.2) is 9.50 Å². The van der Waals surface area contributed by atoms with E-state index in [-0.39, 0.29) is 0 Å². The molecule has 0 saturated heterocycles. The lowest BCUT2D eigenvalue weighted by atomic mass is 10.0. The SMILES string of the molecule is Cc1nc2c(-c3cc(Cl)c4[nH]ncc4c3)c(C)ccn2n1. The van der Waals surface area contributed by atoms with Gasteiger partial charge in [0.25, 0.3) is 0 Å². The van der Waals surface area contributed by atoms with Gasteiger partial charge in [0.1, 0.15) is 5.82 Å². The fourth-order valence-electron chi connectivity index (χ4n) is 2.66. The molecule has 0 aliphatic heterocycles. The number of aromatic nitrogens is 5. The van der Waals surface area contributed by atoms with Crippen LogP contribution in [0, 0.1) is 13.8 Å². The molecule has 0 aliphatic rings. The van der Waals surface area contributed by atoms with Crippen molar-refractivity contribution < 1.29 is 0 Å². The molecule has 0 bridgehead atoms. The first kappa shape index (κ1) is 12.3. The zero-order chi connectivity index (χ0) is 14.6. The lowest BCUT2D eigenvalue weighted by Crippen LogP contribution is -1.93. The van der Waals surface area contributed by atoms with Crippen molar-refractivity contribution >= 4 is 28.2 Å². The summed E-state index contributed by atoms with van der Waals surface area (Å²) in [5, 5.41) is 13.0. The largest absolute Gasteiger partial charge is 0.276 e. The minimum absolute atomic E-state index is 0.651. The van der Waals surface area contributed by atoms with Crippen LogP contribution in [0.25, 0.3) is 27.7 Å². The first-order chi connectivity index (χ1) is 10.1. The van der Waals surface area contributed by atoms with E-state index >= 15 is 0 Å². The standard InChI is InChI=1S/C15H12ClN5/c1-8-3-4-21-15(18-9(2)20-21)13(8)10-5-11-7-17-19-14(11)12(16)6-10/h3-7H,1-2H3,(H,17,19). The summed E-state index contributed by atoms with van der Waals surface area (Å²) in [5.74, 6) is 0.748. The molecule has 1 aromatic carbocycles. The third-order valence-electron chi connectivity index (χ3n) is 3.61. The molecule has 4 aromatic rings. The summed E-state index contributed by atoms with van der Waals surface area (Å²) in [5.41, 5.74) is 4.88. The van der Waals surface area contributed by atoms with Gasteiger partial charge >= 0.3 is 0 Å². The number of H-pyrrole nitrogens is 1. The highest BCUT2D eigenvalue weighted by molar-refractivity contribution is 6.35. The molecule has 3 aromatic heterocycles. The Morgan fingerprint density at radius 2 is 2.10 bits per heavy atom. The second-order valence-electron chi connectivity index (χ2n) is 5.09. The molecule has 0 amide bonds. The number of pyridine rings is 1. The average molecular weight is 298 g/mol. The molecule has 3 heterocycles. The molecule has 4 rings (SSSR count). The number of aryl methyl sites for hydroxylation is 2. The van der Waals surface area contributed by atoms with Gasteiger partial charge in [0.2, 0.25) is 0 Å². The Kier molecular flexibility index (Phi) is 2.53. The Hall–Kier alpha value is -2.40. The Labute approximate surface area is 125 Å². The number of aromatic amines is 1. The zero-order valence-corrected chi connectivity index (χ0v) is 12.3. The minimum atomic E-state index is 0.651. The molecule has 21 heavy (non-hydrogen) atoms. The maximum absolute atomic E-state index is 6.35. The lowest BCUT2D eigenvalue weighted by molar-refractivity contribution is 0.929. The van der Waals surface area contributed by atoms with Gasteiger partial charge in [-0.05, 0) is 43.2 Å². The smallest absolute Gasteiger partial charge is 0.163 e. The first-order valence-electron chi connectivity index (χ1n) is 6.59. The number of benzene rings is 1. The highest BCUT2D eigenvalue weighted by Gasteiger charge is 2.13. The Morgan fingerprint density at radius 3 is 2.95 bits per heavy atom. The van der Waals surface area contributed by atoms with Crippen LogP contribution in [-0.4, -0.2) is 24.8 Å². The molecular weight excluding hydrogens is 286 g/mol. The summed E-state index contributed by atoms with van der Waals surface area (Å²) in [6.07, 6.45) is 3.70. The molecule has 0 saturated carbocycles. The molecule has 0 aliphatic carbocycles. The van der Waals surface area contributed by atoms with Gasteiger partial charge < -0.3 is 0 Å². The molecule has 104 valence electrons. The van der Waals surface area contributed by atoms with E-state index in [1.165, 1.54) is 0 Å². The van der Waals surface area contributed by atoms with Crippen molar-refractivity contribution in [3.8, 4) is 11.1 Å². The van der Waals surface area contributed by atoms with E-state index in [1.54, 1.807) is 10.7 Å². The van der Waals surface area contributed by atoms with Gasteiger partial charge in [0, 0.05) is 17.1 Å². The molecule has 0 spiro atoms. The second-order valence-corrected chi connectivity index (χ2v) is 5.50. The summed E-state index contributed by atoms with van der Waals surface area (Å²) in [6, 6.07) is 6.04. The number of nitrogens with one attached hydrogen (secondary N) is 1. The highest BCUT2D eigenvalue weighted by atomic mass is 35.5. The van der Waals surface area contributed by atoms with Crippen LogP contribution in [0.1, 0.15) is 11.4 Å². The van der Waals surface area contributed by atoms with E-state index in [0.29, 0.717) is 5.02 Å². The molecule has 0 radical (unpaired) electrons. The normalized spacial score (nSPS) is 11.6. The van der Waals surface area contributed by atoms with Crippen molar-refractivity contribution in [3.05, 3.63) is 47.0 Å². The van der Waals surface area contributed by atoms with Gasteiger partial charge in [-0.2, -0.15) is 10.2 Å². The van der Waals surface area contributed by atoms with Gasteiger partial charge in [-0.1, -0.05) is 11.6 Å². The Morgan fingerprint density at radius 1 is 1.24 bits per heavy atom.